The molecule has 0 aliphatic carbocycles. The minimum absolute atomic E-state index is 0.0139. The zero-order valence-electron chi connectivity index (χ0n) is 9.30. The molecular formula is C13H16O3. The number of aliphatic carboxylic acids is 1. The molecule has 1 aromatic carbocycles. The summed E-state index contributed by atoms with van der Waals surface area (Å²) in [7, 11) is 0. The first-order valence-corrected chi connectivity index (χ1v) is 5.60. The highest BCUT2D eigenvalue weighted by Crippen LogP contribution is 2.33. The van der Waals surface area contributed by atoms with Crippen LogP contribution in [0.1, 0.15) is 31.2 Å². The van der Waals surface area contributed by atoms with Gasteiger partial charge in [-0.05, 0) is 31.2 Å². The highest BCUT2D eigenvalue weighted by molar-refractivity contribution is 5.72. The average molecular weight is 220 g/mol. The van der Waals surface area contributed by atoms with Crippen molar-refractivity contribution in [3.05, 3.63) is 35.9 Å². The number of benzene rings is 1. The van der Waals surface area contributed by atoms with Crippen LogP contribution in [0.2, 0.25) is 0 Å². The fourth-order valence-electron chi connectivity index (χ4n) is 2.30. The molecule has 0 radical (unpaired) electrons. The molecule has 1 aliphatic rings. The molecule has 1 aliphatic heterocycles. The van der Waals surface area contributed by atoms with Crippen LogP contribution in [0.3, 0.4) is 0 Å². The Morgan fingerprint density at radius 1 is 1.31 bits per heavy atom. The number of carbonyl (C=O) groups is 1. The van der Waals surface area contributed by atoms with Gasteiger partial charge in [0.25, 0.3) is 0 Å². The summed E-state index contributed by atoms with van der Waals surface area (Å²) in [6.45, 7) is 1.94. The van der Waals surface area contributed by atoms with E-state index in [9.17, 15) is 4.79 Å². The number of hydrogen-bond acceptors (Lipinski definition) is 2. The van der Waals surface area contributed by atoms with Crippen LogP contribution in [0.25, 0.3) is 0 Å². The summed E-state index contributed by atoms with van der Waals surface area (Å²) in [5, 5.41) is 9.00. The predicted octanol–water partition coefficient (Wildman–Crippen LogP) is 2.42. The van der Waals surface area contributed by atoms with Crippen molar-refractivity contribution >= 4 is 5.97 Å². The van der Waals surface area contributed by atoms with Crippen molar-refractivity contribution < 1.29 is 14.6 Å². The molecule has 3 heteroatoms. The van der Waals surface area contributed by atoms with Gasteiger partial charge in [-0.25, -0.2) is 4.79 Å². The average Bonchev–Trinajstić information content (AvgIpc) is 2.29. The normalized spacial score (nSPS) is 29.9. The van der Waals surface area contributed by atoms with Gasteiger partial charge in [0.2, 0.25) is 0 Å². The van der Waals surface area contributed by atoms with Crippen LogP contribution in [0.15, 0.2) is 30.3 Å². The number of rotatable bonds is 2. The van der Waals surface area contributed by atoms with Gasteiger partial charge in [-0.15, -0.1) is 0 Å². The van der Waals surface area contributed by atoms with E-state index < -0.39 is 12.1 Å². The molecule has 3 nitrogen and oxygen atoms in total. The van der Waals surface area contributed by atoms with Crippen LogP contribution >= 0.6 is 0 Å². The largest absolute Gasteiger partial charge is 0.479 e. The lowest BCUT2D eigenvalue weighted by atomic mass is 9.86. The van der Waals surface area contributed by atoms with Crippen molar-refractivity contribution in [2.45, 2.75) is 37.9 Å². The van der Waals surface area contributed by atoms with Gasteiger partial charge < -0.3 is 9.84 Å². The van der Waals surface area contributed by atoms with Gasteiger partial charge in [0.1, 0.15) is 0 Å². The Bertz CT molecular complexity index is 361. The van der Waals surface area contributed by atoms with Crippen molar-refractivity contribution in [2.75, 3.05) is 0 Å². The molecule has 3 atom stereocenters. The van der Waals surface area contributed by atoms with E-state index in [-0.39, 0.29) is 6.10 Å². The summed E-state index contributed by atoms with van der Waals surface area (Å²) in [5.41, 5.74) is 1.21. The van der Waals surface area contributed by atoms with Gasteiger partial charge >= 0.3 is 5.97 Å². The smallest absolute Gasteiger partial charge is 0.332 e. The third-order valence-electron chi connectivity index (χ3n) is 3.06. The molecule has 1 aromatic rings. The Kier molecular flexibility index (Phi) is 3.25. The molecule has 2 rings (SSSR count). The third-order valence-corrected chi connectivity index (χ3v) is 3.06. The maximum Gasteiger partial charge on any atom is 0.332 e. The molecule has 3 unspecified atom stereocenters. The van der Waals surface area contributed by atoms with E-state index in [0.717, 1.165) is 6.42 Å². The zero-order valence-corrected chi connectivity index (χ0v) is 9.30. The second-order valence-electron chi connectivity index (χ2n) is 4.35. The molecule has 1 heterocycles. The zero-order chi connectivity index (χ0) is 11.5. The Morgan fingerprint density at radius 3 is 2.62 bits per heavy atom. The molecule has 86 valence electrons. The third kappa shape index (κ3) is 2.42. The summed E-state index contributed by atoms with van der Waals surface area (Å²) >= 11 is 0. The van der Waals surface area contributed by atoms with Crippen LogP contribution < -0.4 is 0 Å². The Morgan fingerprint density at radius 2 is 2.00 bits per heavy atom. The van der Waals surface area contributed by atoms with E-state index >= 15 is 0 Å². The molecule has 1 N–H and O–H groups in total. The SMILES string of the molecule is CC1CC(c2ccccc2)CC(C(=O)O)O1. The van der Waals surface area contributed by atoms with Crippen LogP contribution in [-0.4, -0.2) is 23.3 Å². The first kappa shape index (κ1) is 11.1. The van der Waals surface area contributed by atoms with E-state index in [4.69, 9.17) is 9.84 Å². The highest BCUT2D eigenvalue weighted by atomic mass is 16.5. The summed E-state index contributed by atoms with van der Waals surface area (Å²) < 4.78 is 5.40. The fourth-order valence-corrected chi connectivity index (χ4v) is 2.30. The van der Waals surface area contributed by atoms with E-state index in [1.807, 2.05) is 25.1 Å². The fraction of sp³-hybridized carbons (Fsp3) is 0.462. The van der Waals surface area contributed by atoms with Crippen molar-refractivity contribution in [3.63, 3.8) is 0 Å². The predicted molar refractivity (Wildman–Crippen MR) is 60.4 cm³/mol. The summed E-state index contributed by atoms with van der Waals surface area (Å²) in [6.07, 6.45) is 0.825. The lowest BCUT2D eigenvalue weighted by molar-refractivity contribution is -0.159. The number of carboxylic acids is 1. The maximum atomic E-state index is 11.0. The van der Waals surface area contributed by atoms with Gasteiger partial charge in [-0.3, -0.25) is 0 Å². The van der Waals surface area contributed by atoms with Crippen LogP contribution in [0, 0.1) is 0 Å². The minimum atomic E-state index is -0.854. The first-order valence-electron chi connectivity index (χ1n) is 5.60. The van der Waals surface area contributed by atoms with E-state index in [2.05, 4.69) is 12.1 Å². The van der Waals surface area contributed by atoms with Gasteiger partial charge in [0, 0.05) is 0 Å². The van der Waals surface area contributed by atoms with Gasteiger partial charge in [0.15, 0.2) is 6.10 Å². The molecule has 0 aromatic heterocycles. The van der Waals surface area contributed by atoms with E-state index in [1.54, 1.807) is 0 Å². The van der Waals surface area contributed by atoms with E-state index in [0.29, 0.717) is 12.3 Å². The Balaban J connectivity index is 2.14. The highest BCUT2D eigenvalue weighted by Gasteiger charge is 2.32. The number of ether oxygens (including phenoxy) is 1. The minimum Gasteiger partial charge on any atom is -0.479 e. The molecule has 0 amide bonds. The molecule has 16 heavy (non-hydrogen) atoms. The molecular weight excluding hydrogens is 204 g/mol. The van der Waals surface area contributed by atoms with Crippen molar-refractivity contribution in [1.29, 1.82) is 0 Å². The van der Waals surface area contributed by atoms with Crippen molar-refractivity contribution in [2.24, 2.45) is 0 Å². The van der Waals surface area contributed by atoms with Crippen LogP contribution in [-0.2, 0) is 9.53 Å². The van der Waals surface area contributed by atoms with Crippen LogP contribution in [0.4, 0.5) is 0 Å². The molecule has 1 saturated heterocycles. The molecule has 1 fully saturated rings. The van der Waals surface area contributed by atoms with Crippen LogP contribution in [0.5, 0.6) is 0 Å². The van der Waals surface area contributed by atoms with Crippen molar-refractivity contribution in [1.82, 2.24) is 0 Å². The van der Waals surface area contributed by atoms with Gasteiger partial charge in [-0.2, -0.15) is 0 Å². The quantitative estimate of drug-likeness (QED) is 0.832. The molecule has 0 saturated carbocycles. The van der Waals surface area contributed by atoms with Gasteiger partial charge in [0.05, 0.1) is 6.10 Å². The lowest BCUT2D eigenvalue weighted by Gasteiger charge is -2.32. The Labute approximate surface area is 95.0 Å². The summed E-state index contributed by atoms with van der Waals surface area (Å²) in [6, 6.07) is 10.1. The Hall–Kier alpha value is -1.35. The summed E-state index contributed by atoms with van der Waals surface area (Å²) in [4.78, 5) is 11.0. The number of carboxylic acid groups (broad SMARTS) is 1. The maximum absolute atomic E-state index is 11.0. The second kappa shape index (κ2) is 4.66. The molecule has 0 spiro atoms. The van der Waals surface area contributed by atoms with Crippen molar-refractivity contribution in [3.8, 4) is 0 Å². The topological polar surface area (TPSA) is 46.5 Å². The monoisotopic (exact) mass is 220 g/mol. The first-order chi connectivity index (χ1) is 7.66. The lowest BCUT2D eigenvalue weighted by Crippen LogP contribution is -2.35. The second-order valence-corrected chi connectivity index (χ2v) is 4.35. The number of hydrogen-bond donors (Lipinski definition) is 1. The summed E-state index contributed by atoms with van der Waals surface area (Å²) in [5.74, 6) is -0.557. The van der Waals surface area contributed by atoms with E-state index in [1.165, 1.54) is 5.56 Å². The molecule has 0 bridgehead atoms. The van der Waals surface area contributed by atoms with Gasteiger partial charge in [-0.1, -0.05) is 30.3 Å². The standard InChI is InChI=1S/C13H16O3/c1-9-7-11(8-12(16-9)13(14)15)10-5-3-2-4-6-10/h2-6,9,11-12H,7-8H2,1H3,(H,14,15).